The first-order chi connectivity index (χ1) is 8.83. The standard InChI is InChI=1S/C13H25N5/c1-4-7-8-9-10-14-16-15-13-17(5-2)11-12-18(13)6-3/h11-12H,4-10H2,1-3H3. The van der Waals surface area contributed by atoms with Gasteiger partial charge in [-0.1, -0.05) is 31.3 Å². The lowest BCUT2D eigenvalue weighted by molar-refractivity contribution is 0.614. The van der Waals surface area contributed by atoms with Gasteiger partial charge in [-0.25, -0.2) is 0 Å². The van der Waals surface area contributed by atoms with Gasteiger partial charge in [0.25, 0.3) is 0 Å². The van der Waals surface area contributed by atoms with Crippen LogP contribution in [0.5, 0.6) is 0 Å². The molecule has 5 nitrogen and oxygen atoms in total. The molecule has 0 N–H and O–H groups in total. The number of imidazole rings is 1. The molecule has 102 valence electrons. The van der Waals surface area contributed by atoms with Gasteiger partial charge in [0.05, 0.1) is 6.54 Å². The van der Waals surface area contributed by atoms with Crippen LogP contribution < -0.4 is 5.62 Å². The Morgan fingerprint density at radius 1 is 0.944 bits per heavy atom. The molecule has 0 saturated carbocycles. The van der Waals surface area contributed by atoms with Gasteiger partial charge in [0.15, 0.2) is 0 Å². The molecule has 0 spiro atoms. The van der Waals surface area contributed by atoms with Crippen LogP contribution in [-0.2, 0) is 13.1 Å². The first-order valence-electron chi connectivity index (χ1n) is 6.99. The molecule has 1 aromatic rings. The molecule has 0 amide bonds. The van der Waals surface area contributed by atoms with E-state index in [4.69, 9.17) is 0 Å². The van der Waals surface area contributed by atoms with E-state index in [2.05, 4.69) is 45.3 Å². The van der Waals surface area contributed by atoms with Crippen LogP contribution in [0, 0.1) is 0 Å². The molecule has 0 aliphatic heterocycles. The summed E-state index contributed by atoms with van der Waals surface area (Å²) in [6.07, 6.45) is 8.92. The summed E-state index contributed by atoms with van der Waals surface area (Å²) in [5, 5.41) is 12.2. The van der Waals surface area contributed by atoms with Crippen molar-refractivity contribution in [2.75, 3.05) is 6.54 Å². The Morgan fingerprint density at radius 2 is 1.61 bits per heavy atom. The molecular formula is C13H25N5. The van der Waals surface area contributed by atoms with Crippen LogP contribution in [0.4, 0.5) is 0 Å². The average molecular weight is 251 g/mol. The molecule has 5 heteroatoms. The molecule has 0 saturated heterocycles. The van der Waals surface area contributed by atoms with Gasteiger partial charge in [0.1, 0.15) is 0 Å². The molecule has 0 aromatic carbocycles. The normalized spacial score (nSPS) is 11.3. The third-order valence-electron chi connectivity index (χ3n) is 2.93. The molecule has 0 aliphatic carbocycles. The molecular weight excluding hydrogens is 226 g/mol. The number of unbranched alkanes of at least 4 members (excludes halogenated alkanes) is 3. The Bertz CT molecular complexity index is 389. The van der Waals surface area contributed by atoms with Crippen molar-refractivity contribution >= 4 is 0 Å². The number of hydrogen-bond donors (Lipinski definition) is 0. The van der Waals surface area contributed by atoms with E-state index in [1.165, 1.54) is 19.3 Å². The number of aromatic nitrogens is 2. The topological polar surface area (TPSA) is 46.9 Å². The second kappa shape index (κ2) is 8.66. The maximum atomic E-state index is 4.21. The van der Waals surface area contributed by atoms with Gasteiger partial charge < -0.3 is 9.13 Å². The first kappa shape index (κ1) is 14.7. The summed E-state index contributed by atoms with van der Waals surface area (Å²) in [6, 6.07) is 0. The van der Waals surface area contributed by atoms with Gasteiger partial charge >= 0.3 is 0 Å². The molecule has 0 bridgehead atoms. The largest absolute Gasteiger partial charge is 0.316 e. The van der Waals surface area contributed by atoms with E-state index in [1.807, 2.05) is 12.4 Å². The lowest BCUT2D eigenvalue weighted by Crippen LogP contribution is -2.24. The molecule has 18 heavy (non-hydrogen) atoms. The number of rotatable bonds is 8. The monoisotopic (exact) mass is 251 g/mol. The summed E-state index contributed by atoms with van der Waals surface area (Å²) in [5.74, 6) is 0. The molecule has 0 aliphatic rings. The molecule has 0 radical (unpaired) electrons. The highest BCUT2D eigenvalue weighted by Gasteiger charge is 1.96. The molecule has 1 aromatic heterocycles. The molecule has 0 unspecified atom stereocenters. The van der Waals surface area contributed by atoms with E-state index >= 15 is 0 Å². The SMILES string of the molecule is CCCCCCN=NN=c1n(CC)ccn1CC. The molecule has 1 heterocycles. The van der Waals surface area contributed by atoms with Crippen LogP contribution >= 0.6 is 0 Å². The first-order valence-corrected chi connectivity index (χ1v) is 6.99. The Balaban J connectivity index is 2.55. The lowest BCUT2D eigenvalue weighted by Gasteiger charge is -1.98. The van der Waals surface area contributed by atoms with Crippen molar-refractivity contribution in [2.24, 2.45) is 15.4 Å². The van der Waals surface area contributed by atoms with Gasteiger partial charge in [-0.05, 0) is 25.5 Å². The third-order valence-corrected chi connectivity index (χ3v) is 2.93. The van der Waals surface area contributed by atoms with E-state index in [9.17, 15) is 0 Å². The smallest absolute Gasteiger partial charge is 0.231 e. The Morgan fingerprint density at radius 3 is 2.17 bits per heavy atom. The summed E-state index contributed by atoms with van der Waals surface area (Å²) < 4.78 is 4.14. The highest BCUT2D eigenvalue weighted by Crippen LogP contribution is 1.98. The van der Waals surface area contributed by atoms with E-state index < -0.39 is 0 Å². The minimum Gasteiger partial charge on any atom is -0.316 e. The average Bonchev–Trinajstić information content (AvgIpc) is 2.79. The zero-order valence-corrected chi connectivity index (χ0v) is 11.8. The summed E-state index contributed by atoms with van der Waals surface area (Å²) >= 11 is 0. The van der Waals surface area contributed by atoms with Crippen molar-refractivity contribution in [3.8, 4) is 0 Å². The summed E-state index contributed by atoms with van der Waals surface area (Å²) in [6.45, 7) is 8.99. The van der Waals surface area contributed by atoms with Crippen LogP contribution in [0.15, 0.2) is 27.8 Å². The third kappa shape index (κ3) is 4.47. The minimum absolute atomic E-state index is 0.780. The van der Waals surface area contributed by atoms with Gasteiger partial charge in [0.2, 0.25) is 5.62 Å². The maximum Gasteiger partial charge on any atom is 0.231 e. The van der Waals surface area contributed by atoms with Crippen LogP contribution in [0.25, 0.3) is 0 Å². The van der Waals surface area contributed by atoms with Crippen molar-refractivity contribution < 1.29 is 0 Å². The van der Waals surface area contributed by atoms with Gasteiger partial charge in [0, 0.05) is 25.5 Å². The Hall–Kier alpha value is -1.39. The van der Waals surface area contributed by atoms with Crippen molar-refractivity contribution in [1.29, 1.82) is 0 Å². The Kier molecular flexibility index (Phi) is 7.06. The Labute approximate surface area is 109 Å². The second-order valence-electron chi connectivity index (χ2n) is 4.29. The fourth-order valence-corrected chi connectivity index (χ4v) is 1.79. The number of hydrogen-bond acceptors (Lipinski definition) is 2. The van der Waals surface area contributed by atoms with Crippen LogP contribution in [0.2, 0.25) is 0 Å². The summed E-state index contributed by atoms with van der Waals surface area (Å²) in [7, 11) is 0. The number of nitrogens with zero attached hydrogens (tertiary/aromatic N) is 5. The van der Waals surface area contributed by atoms with Crippen molar-refractivity contribution in [1.82, 2.24) is 9.13 Å². The lowest BCUT2D eigenvalue weighted by atomic mass is 10.2. The zero-order chi connectivity index (χ0) is 13.2. The van der Waals surface area contributed by atoms with Crippen molar-refractivity contribution in [3.05, 3.63) is 18.0 Å². The molecule has 1 rings (SSSR count). The highest BCUT2D eigenvalue weighted by molar-refractivity contribution is 4.79. The highest BCUT2D eigenvalue weighted by atomic mass is 15.4. The predicted molar refractivity (Wildman–Crippen MR) is 73.2 cm³/mol. The van der Waals surface area contributed by atoms with Crippen molar-refractivity contribution in [3.63, 3.8) is 0 Å². The van der Waals surface area contributed by atoms with Gasteiger partial charge in [-0.3, -0.25) is 0 Å². The molecule has 0 atom stereocenters. The van der Waals surface area contributed by atoms with E-state index in [1.54, 1.807) is 0 Å². The van der Waals surface area contributed by atoms with Crippen LogP contribution in [0.3, 0.4) is 0 Å². The quantitative estimate of drug-likeness (QED) is 0.387. The zero-order valence-electron chi connectivity index (χ0n) is 11.8. The van der Waals surface area contributed by atoms with E-state index in [0.29, 0.717) is 0 Å². The van der Waals surface area contributed by atoms with Gasteiger partial charge in [-0.2, -0.15) is 5.11 Å². The fourth-order valence-electron chi connectivity index (χ4n) is 1.79. The summed E-state index contributed by atoms with van der Waals surface area (Å²) in [5.41, 5.74) is 0.873. The van der Waals surface area contributed by atoms with Gasteiger partial charge in [-0.15, -0.1) is 0 Å². The van der Waals surface area contributed by atoms with Crippen molar-refractivity contribution in [2.45, 2.75) is 59.5 Å². The molecule has 0 fully saturated rings. The minimum atomic E-state index is 0.780. The second-order valence-corrected chi connectivity index (χ2v) is 4.29. The van der Waals surface area contributed by atoms with Crippen LogP contribution in [-0.4, -0.2) is 15.7 Å². The fraction of sp³-hybridized carbons (Fsp3) is 0.769. The van der Waals surface area contributed by atoms with E-state index in [0.717, 1.165) is 31.7 Å². The van der Waals surface area contributed by atoms with E-state index in [-0.39, 0.29) is 0 Å². The van der Waals surface area contributed by atoms with Crippen LogP contribution in [0.1, 0.15) is 46.5 Å². The maximum absolute atomic E-state index is 4.21. The predicted octanol–water partition coefficient (Wildman–Crippen LogP) is 3.18. The summed E-state index contributed by atoms with van der Waals surface area (Å²) in [4.78, 5) is 0. The number of aryl methyl sites for hydroxylation is 2.